The highest BCUT2D eigenvalue weighted by Gasteiger charge is 2.33. The van der Waals surface area contributed by atoms with Crippen molar-refractivity contribution in [1.29, 1.82) is 0 Å². The van der Waals surface area contributed by atoms with E-state index in [1.165, 1.54) is 0 Å². The molecule has 1 aliphatic heterocycles. The Morgan fingerprint density at radius 3 is 2.65 bits per heavy atom. The van der Waals surface area contributed by atoms with Gasteiger partial charge in [-0.1, -0.05) is 15.9 Å². The lowest BCUT2D eigenvalue weighted by Crippen LogP contribution is -2.22. The Bertz CT molecular complexity index is 496. The molecule has 0 spiro atoms. The first-order valence-corrected chi connectivity index (χ1v) is 5.51. The molecule has 1 atom stereocenters. The summed E-state index contributed by atoms with van der Waals surface area (Å²) < 4.78 is 38.2. The molecule has 2 rings (SSSR count). The van der Waals surface area contributed by atoms with Gasteiger partial charge in [-0.2, -0.15) is 13.2 Å². The lowest BCUT2D eigenvalue weighted by atomic mass is 9.96. The van der Waals surface area contributed by atoms with E-state index in [1.807, 2.05) is 0 Å². The van der Waals surface area contributed by atoms with Gasteiger partial charge in [0.05, 0.1) is 5.56 Å². The van der Waals surface area contributed by atoms with Crippen LogP contribution in [0.2, 0.25) is 0 Å². The number of halogens is 4. The highest BCUT2D eigenvalue weighted by molar-refractivity contribution is 9.10. The van der Waals surface area contributed by atoms with Crippen LogP contribution in [0, 0.1) is 0 Å². The molecule has 0 radical (unpaired) electrons. The molecule has 0 aromatic heterocycles. The highest BCUT2D eigenvalue weighted by atomic mass is 79.9. The number of fused-ring (bicyclic) bond motifs is 1. The third-order valence-electron chi connectivity index (χ3n) is 2.49. The van der Waals surface area contributed by atoms with Gasteiger partial charge >= 0.3 is 6.18 Å². The number of benzene rings is 1. The Balaban J connectivity index is 2.62. The topological polar surface area (TPSA) is 29.1 Å². The molecule has 0 fully saturated rings. The Kier molecular flexibility index (Phi) is 2.99. The van der Waals surface area contributed by atoms with E-state index in [9.17, 15) is 18.0 Å². The fraction of sp³-hybridized carbons (Fsp3) is 0.182. The molecule has 1 aromatic carbocycles. The molecular formula is C11H7BrF3NO. The zero-order chi connectivity index (χ0) is 12.6. The van der Waals surface area contributed by atoms with Crippen LogP contribution in [0.1, 0.15) is 22.7 Å². The Hall–Kier alpha value is -1.30. The van der Waals surface area contributed by atoms with Crippen LogP contribution in [-0.4, -0.2) is 6.29 Å². The van der Waals surface area contributed by atoms with Gasteiger partial charge in [0.1, 0.15) is 12.3 Å². The van der Waals surface area contributed by atoms with Crippen LogP contribution in [0.5, 0.6) is 0 Å². The van der Waals surface area contributed by atoms with E-state index in [0.29, 0.717) is 21.9 Å². The Labute approximate surface area is 104 Å². The molecule has 0 saturated carbocycles. The molecular weight excluding hydrogens is 299 g/mol. The summed E-state index contributed by atoms with van der Waals surface area (Å²) in [6, 6.07) is 1.26. The molecule has 1 heterocycles. The average molecular weight is 306 g/mol. The van der Waals surface area contributed by atoms with Gasteiger partial charge < -0.3 is 10.1 Å². The largest absolute Gasteiger partial charge is 0.416 e. The Morgan fingerprint density at radius 1 is 1.35 bits per heavy atom. The van der Waals surface area contributed by atoms with Crippen molar-refractivity contribution in [2.45, 2.75) is 12.2 Å². The monoisotopic (exact) mass is 305 g/mol. The summed E-state index contributed by atoms with van der Waals surface area (Å²) in [5.41, 5.74) is 0.144. The summed E-state index contributed by atoms with van der Waals surface area (Å²) in [5.74, 6) is 0. The fourth-order valence-corrected chi connectivity index (χ4v) is 2.28. The number of aldehydes is 1. The summed E-state index contributed by atoms with van der Waals surface area (Å²) in [7, 11) is 0. The first kappa shape index (κ1) is 12.2. The lowest BCUT2D eigenvalue weighted by Gasteiger charge is -2.21. The zero-order valence-corrected chi connectivity index (χ0v) is 9.97. The van der Waals surface area contributed by atoms with Gasteiger partial charge in [0.25, 0.3) is 0 Å². The fourth-order valence-electron chi connectivity index (χ4n) is 1.67. The number of carbonyl (C=O) groups is 1. The van der Waals surface area contributed by atoms with E-state index in [4.69, 9.17) is 0 Å². The maximum absolute atomic E-state index is 12.6. The van der Waals surface area contributed by atoms with Crippen molar-refractivity contribution in [3.63, 3.8) is 0 Å². The van der Waals surface area contributed by atoms with Crippen molar-refractivity contribution in [1.82, 2.24) is 5.32 Å². The molecule has 6 heteroatoms. The van der Waals surface area contributed by atoms with E-state index in [0.717, 1.165) is 12.1 Å². The third kappa shape index (κ3) is 2.22. The number of alkyl halides is 3. The number of hydrogen-bond donors (Lipinski definition) is 1. The van der Waals surface area contributed by atoms with Crippen molar-refractivity contribution < 1.29 is 18.0 Å². The van der Waals surface area contributed by atoms with E-state index in [2.05, 4.69) is 21.2 Å². The number of hydrogen-bond acceptors (Lipinski definition) is 2. The smallest absolute Gasteiger partial charge is 0.378 e. The predicted octanol–water partition coefficient (Wildman–Crippen LogP) is 3.28. The van der Waals surface area contributed by atoms with Gasteiger partial charge in [0.15, 0.2) is 0 Å². The maximum atomic E-state index is 12.6. The molecule has 0 saturated heterocycles. The number of carbonyl (C=O) groups excluding carboxylic acids is 1. The standard InChI is InChI=1S/C11H7BrF3NO/c12-9-4-6(11(13,14)15)3-8-7(9)1-2-16-10(8)5-17/h1-5,10,16H. The summed E-state index contributed by atoms with van der Waals surface area (Å²) in [5, 5.41) is 2.69. The SMILES string of the molecule is O=CC1NC=Cc2c(Br)cc(C(F)(F)F)cc21. The van der Waals surface area contributed by atoms with Crippen molar-refractivity contribution in [2.75, 3.05) is 0 Å². The van der Waals surface area contributed by atoms with Crippen molar-refractivity contribution in [2.24, 2.45) is 0 Å². The van der Waals surface area contributed by atoms with Gasteiger partial charge in [0, 0.05) is 4.47 Å². The lowest BCUT2D eigenvalue weighted by molar-refractivity contribution is -0.137. The van der Waals surface area contributed by atoms with Gasteiger partial charge in [0.2, 0.25) is 0 Å². The van der Waals surface area contributed by atoms with Crippen LogP contribution in [-0.2, 0) is 11.0 Å². The summed E-state index contributed by atoms with van der Waals surface area (Å²) >= 11 is 3.09. The molecule has 0 amide bonds. The van der Waals surface area contributed by atoms with Gasteiger partial charge in [-0.15, -0.1) is 0 Å². The van der Waals surface area contributed by atoms with Gasteiger partial charge in [-0.3, -0.25) is 0 Å². The van der Waals surface area contributed by atoms with E-state index in [1.54, 1.807) is 12.3 Å². The van der Waals surface area contributed by atoms with Gasteiger partial charge in [-0.25, -0.2) is 0 Å². The molecule has 1 unspecified atom stereocenters. The molecule has 1 aliphatic rings. The molecule has 1 aromatic rings. The summed E-state index contributed by atoms with van der Waals surface area (Å²) in [6.07, 6.45) is -0.680. The molecule has 0 bridgehead atoms. The van der Waals surface area contributed by atoms with Crippen molar-refractivity contribution >= 4 is 28.3 Å². The van der Waals surface area contributed by atoms with Crippen molar-refractivity contribution in [3.8, 4) is 0 Å². The normalized spacial score (nSPS) is 18.5. The Morgan fingerprint density at radius 2 is 2.06 bits per heavy atom. The summed E-state index contributed by atoms with van der Waals surface area (Å²) in [4.78, 5) is 10.8. The minimum atomic E-state index is -4.42. The van der Waals surface area contributed by atoms with E-state index < -0.39 is 17.8 Å². The second-order valence-electron chi connectivity index (χ2n) is 3.57. The highest BCUT2D eigenvalue weighted by Crippen LogP contribution is 2.37. The zero-order valence-electron chi connectivity index (χ0n) is 8.38. The van der Waals surface area contributed by atoms with Crippen molar-refractivity contribution in [3.05, 3.63) is 39.5 Å². The molecule has 0 aliphatic carbocycles. The van der Waals surface area contributed by atoms with Crippen LogP contribution in [0.3, 0.4) is 0 Å². The second kappa shape index (κ2) is 4.18. The first-order chi connectivity index (χ1) is 7.93. The molecule has 17 heavy (non-hydrogen) atoms. The average Bonchev–Trinajstić information content (AvgIpc) is 2.27. The first-order valence-electron chi connectivity index (χ1n) is 4.72. The van der Waals surface area contributed by atoms with Crippen LogP contribution < -0.4 is 5.32 Å². The molecule has 90 valence electrons. The predicted molar refractivity (Wildman–Crippen MR) is 60.1 cm³/mol. The molecule has 2 nitrogen and oxygen atoms in total. The van der Waals surface area contributed by atoms with Crippen LogP contribution in [0.4, 0.5) is 13.2 Å². The van der Waals surface area contributed by atoms with Crippen LogP contribution >= 0.6 is 15.9 Å². The van der Waals surface area contributed by atoms with E-state index >= 15 is 0 Å². The maximum Gasteiger partial charge on any atom is 0.416 e. The third-order valence-corrected chi connectivity index (χ3v) is 3.14. The quantitative estimate of drug-likeness (QED) is 0.807. The number of rotatable bonds is 1. The van der Waals surface area contributed by atoms with Crippen LogP contribution in [0.15, 0.2) is 22.8 Å². The van der Waals surface area contributed by atoms with E-state index in [-0.39, 0.29) is 0 Å². The minimum Gasteiger partial charge on any atom is -0.378 e. The van der Waals surface area contributed by atoms with Gasteiger partial charge in [-0.05, 0) is 35.5 Å². The second-order valence-corrected chi connectivity index (χ2v) is 4.43. The molecule has 1 N–H and O–H groups in total. The summed E-state index contributed by atoms with van der Waals surface area (Å²) in [6.45, 7) is 0. The minimum absolute atomic E-state index is 0.323. The number of nitrogens with one attached hydrogen (secondary N) is 1. The van der Waals surface area contributed by atoms with Crippen LogP contribution in [0.25, 0.3) is 6.08 Å².